The van der Waals surface area contributed by atoms with Crippen LogP contribution in [0.4, 0.5) is 5.82 Å². The topological polar surface area (TPSA) is 39.9 Å². The fraction of sp³-hybridized carbons (Fsp3) is 0.500. The maximum absolute atomic E-state index is 8.88. The molecule has 0 radical (unpaired) electrons. The standard InChI is InChI=1S/C12H16ClN3/c1-4-9(3)16(5-2)12-7-10(8-14)6-11(13)15-12/h6-7,9H,4-5H2,1-3H3. The van der Waals surface area contributed by atoms with Crippen molar-refractivity contribution in [1.82, 2.24) is 4.98 Å². The number of hydrogen-bond donors (Lipinski definition) is 0. The van der Waals surface area contributed by atoms with E-state index in [0.717, 1.165) is 18.8 Å². The molecule has 0 saturated heterocycles. The summed E-state index contributed by atoms with van der Waals surface area (Å²) in [5.41, 5.74) is 0.553. The van der Waals surface area contributed by atoms with E-state index in [2.05, 4.69) is 36.7 Å². The van der Waals surface area contributed by atoms with Gasteiger partial charge in [0.05, 0.1) is 11.6 Å². The van der Waals surface area contributed by atoms with Crippen molar-refractivity contribution in [2.75, 3.05) is 11.4 Å². The van der Waals surface area contributed by atoms with Crippen LogP contribution < -0.4 is 4.90 Å². The molecule has 0 aromatic carbocycles. The molecule has 0 N–H and O–H groups in total. The predicted octanol–water partition coefficient (Wildman–Crippen LogP) is 3.23. The van der Waals surface area contributed by atoms with Crippen LogP contribution in [-0.4, -0.2) is 17.6 Å². The van der Waals surface area contributed by atoms with Crippen LogP contribution in [0.3, 0.4) is 0 Å². The summed E-state index contributed by atoms with van der Waals surface area (Å²) < 4.78 is 0. The summed E-state index contributed by atoms with van der Waals surface area (Å²) in [5.74, 6) is 0.779. The zero-order valence-corrected chi connectivity index (χ0v) is 10.6. The van der Waals surface area contributed by atoms with E-state index in [1.54, 1.807) is 12.1 Å². The van der Waals surface area contributed by atoms with Crippen molar-refractivity contribution in [1.29, 1.82) is 5.26 Å². The summed E-state index contributed by atoms with van der Waals surface area (Å²) in [5, 5.41) is 9.25. The Bertz CT molecular complexity index is 398. The SMILES string of the molecule is CCC(C)N(CC)c1cc(C#N)cc(Cl)n1. The van der Waals surface area contributed by atoms with Crippen molar-refractivity contribution < 1.29 is 0 Å². The minimum Gasteiger partial charge on any atom is -0.354 e. The Labute approximate surface area is 102 Å². The van der Waals surface area contributed by atoms with E-state index in [9.17, 15) is 0 Å². The average molecular weight is 238 g/mol. The molecule has 0 aliphatic carbocycles. The van der Waals surface area contributed by atoms with Crippen LogP contribution >= 0.6 is 11.6 Å². The fourth-order valence-corrected chi connectivity index (χ4v) is 1.82. The van der Waals surface area contributed by atoms with Crippen molar-refractivity contribution in [3.05, 3.63) is 22.8 Å². The summed E-state index contributed by atoms with van der Waals surface area (Å²) in [4.78, 5) is 6.41. The van der Waals surface area contributed by atoms with Gasteiger partial charge < -0.3 is 4.90 Å². The third kappa shape index (κ3) is 2.86. The second kappa shape index (κ2) is 5.72. The van der Waals surface area contributed by atoms with Crippen LogP contribution in [0.2, 0.25) is 5.15 Å². The number of halogens is 1. The van der Waals surface area contributed by atoms with Crippen molar-refractivity contribution in [2.45, 2.75) is 33.2 Å². The molecule has 3 nitrogen and oxygen atoms in total. The van der Waals surface area contributed by atoms with Gasteiger partial charge in [0.25, 0.3) is 0 Å². The summed E-state index contributed by atoms with van der Waals surface area (Å²) in [6, 6.07) is 5.84. The van der Waals surface area contributed by atoms with Gasteiger partial charge in [0.1, 0.15) is 11.0 Å². The third-order valence-corrected chi connectivity index (χ3v) is 2.86. The van der Waals surface area contributed by atoms with E-state index in [1.807, 2.05) is 0 Å². The van der Waals surface area contributed by atoms with Crippen LogP contribution in [0.1, 0.15) is 32.8 Å². The van der Waals surface area contributed by atoms with E-state index in [0.29, 0.717) is 16.8 Å². The highest BCUT2D eigenvalue weighted by atomic mass is 35.5. The molecule has 0 aliphatic rings. The highest BCUT2D eigenvalue weighted by Gasteiger charge is 2.13. The van der Waals surface area contributed by atoms with Crippen LogP contribution in [0, 0.1) is 11.3 Å². The second-order valence-electron chi connectivity index (χ2n) is 3.69. The van der Waals surface area contributed by atoms with Gasteiger partial charge in [0, 0.05) is 12.6 Å². The molecule has 0 aliphatic heterocycles. The van der Waals surface area contributed by atoms with Crippen molar-refractivity contribution in [3.8, 4) is 6.07 Å². The number of nitrogens with zero attached hydrogens (tertiary/aromatic N) is 3. The van der Waals surface area contributed by atoms with Crippen LogP contribution in [0.25, 0.3) is 0 Å². The number of nitriles is 1. The minimum absolute atomic E-state index is 0.371. The first kappa shape index (κ1) is 12.8. The molecule has 0 fully saturated rings. The molecular weight excluding hydrogens is 222 g/mol. The van der Waals surface area contributed by atoms with Crippen molar-refractivity contribution >= 4 is 17.4 Å². The largest absolute Gasteiger partial charge is 0.354 e. The fourth-order valence-electron chi connectivity index (χ4n) is 1.61. The lowest BCUT2D eigenvalue weighted by Crippen LogP contribution is -2.33. The Morgan fingerprint density at radius 2 is 2.19 bits per heavy atom. The maximum atomic E-state index is 8.88. The molecule has 1 rings (SSSR count). The Kier molecular flexibility index (Phi) is 4.57. The maximum Gasteiger partial charge on any atom is 0.132 e. The van der Waals surface area contributed by atoms with Gasteiger partial charge in [0.2, 0.25) is 0 Å². The van der Waals surface area contributed by atoms with Gasteiger partial charge in [0.15, 0.2) is 0 Å². The van der Waals surface area contributed by atoms with E-state index in [-0.39, 0.29) is 0 Å². The molecule has 1 heterocycles. The quantitative estimate of drug-likeness (QED) is 0.755. The third-order valence-electron chi connectivity index (χ3n) is 2.67. The summed E-state index contributed by atoms with van der Waals surface area (Å²) >= 11 is 5.89. The lowest BCUT2D eigenvalue weighted by atomic mass is 10.2. The summed E-state index contributed by atoms with van der Waals surface area (Å²) in [6.07, 6.45) is 1.03. The zero-order valence-electron chi connectivity index (χ0n) is 9.87. The number of anilines is 1. The number of aromatic nitrogens is 1. The van der Waals surface area contributed by atoms with Crippen molar-refractivity contribution in [3.63, 3.8) is 0 Å². The van der Waals surface area contributed by atoms with Crippen LogP contribution in [-0.2, 0) is 0 Å². The van der Waals surface area contributed by atoms with E-state index >= 15 is 0 Å². The Hall–Kier alpha value is -1.27. The average Bonchev–Trinajstić information content (AvgIpc) is 2.29. The van der Waals surface area contributed by atoms with Crippen LogP contribution in [0.5, 0.6) is 0 Å². The first-order valence-electron chi connectivity index (χ1n) is 5.46. The molecule has 0 amide bonds. The highest BCUT2D eigenvalue weighted by molar-refractivity contribution is 6.29. The van der Waals surface area contributed by atoms with Crippen LogP contribution in [0.15, 0.2) is 12.1 Å². The molecule has 4 heteroatoms. The molecular formula is C12H16ClN3. The first-order chi connectivity index (χ1) is 7.62. The lowest BCUT2D eigenvalue weighted by Gasteiger charge is -2.28. The summed E-state index contributed by atoms with van der Waals surface area (Å²) in [6.45, 7) is 7.19. The Balaban J connectivity index is 3.10. The van der Waals surface area contributed by atoms with Crippen molar-refractivity contribution in [2.24, 2.45) is 0 Å². The monoisotopic (exact) mass is 237 g/mol. The molecule has 0 spiro atoms. The molecule has 1 atom stereocenters. The van der Waals surface area contributed by atoms with Gasteiger partial charge in [-0.25, -0.2) is 4.98 Å². The molecule has 16 heavy (non-hydrogen) atoms. The molecule has 86 valence electrons. The first-order valence-corrected chi connectivity index (χ1v) is 5.84. The molecule has 1 aromatic rings. The van der Waals surface area contributed by atoms with E-state index in [4.69, 9.17) is 16.9 Å². The zero-order chi connectivity index (χ0) is 12.1. The Morgan fingerprint density at radius 1 is 1.50 bits per heavy atom. The number of rotatable bonds is 4. The van der Waals surface area contributed by atoms with Gasteiger partial charge in [-0.1, -0.05) is 18.5 Å². The molecule has 1 unspecified atom stereocenters. The normalized spacial score (nSPS) is 11.9. The summed E-state index contributed by atoms with van der Waals surface area (Å²) in [7, 11) is 0. The van der Waals surface area contributed by atoms with E-state index < -0.39 is 0 Å². The molecule has 0 saturated carbocycles. The predicted molar refractivity (Wildman–Crippen MR) is 66.7 cm³/mol. The molecule has 0 bridgehead atoms. The van der Waals surface area contributed by atoms with Gasteiger partial charge in [-0.2, -0.15) is 5.26 Å². The Morgan fingerprint density at radius 3 is 2.69 bits per heavy atom. The van der Waals surface area contributed by atoms with E-state index in [1.165, 1.54) is 0 Å². The minimum atomic E-state index is 0.371. The number of hydrogen-bond acceptors (Lipinski definition) is 3. The highest BCUT2D eigenvalue weighted by Crippen LogP contribution is 2.20. The van der Waals surface area contributed by atoms with Gasteiger partial charge in [-0.3, -0.25) is 0 Å². The smallest absolute Gasteiger partial charge is 0.132 e. The second-order valence-corrected chi connectivity index (χ2v) is 4.08. The molecule has 1 aromatic heterocycles. The van der Waals surface area contributed by atoms with Gasteiger partial charge in [-0.15, -0.1) is 0 Å². The van der Waals surface area contributed by atoms with Gasteiger partial charge in [-0.05, 0) is 32.4 Å². The lowest BCUT2D eigenvalue weighted by molar-refractivity contribution is 0.623. The number of pyridine rings is 1. The van der Waals surface area contributed by atoms with Gasteiger partial charge >= 0.3 is 0 Å².